The molecule has 1 fully saturated rings. The molecule has 0 aliphatic carbocycles. The first kappa shape index (κ1) is 57.9. The number of esters is 1. The SMILES string of the molecule is CCOC(=O)C1OC1C(=O)N[C@@H](CC(C)C)C(=O)N[C@@H](Cc1ccc(O)cc1)C(=O)NCCCCCC(=O)N[C@@H](CCCCNC(=O)CCC1=C(C)C2=Cc3ccc(-c4ccc(OC)cc4)n3[B-](F)(F)[N+]2=C1C)C(N)=O. The van der Waals surface area contributed by atoms with Crippen molar-refractivity contribution in [1.29, 1.82) is 0 Å². The molecule has 3 aliphatic heterocycles. The van der Waals surface area contributed by atoms with E-state index < -0.39 is 66.9 Å². The highest BCUT2D eigenvalue weighted by atomic mass is 19.2. The molecule has 22 heteroatoms. The summed E-state index contributed by atoms with van der Waals surface area (Å²) in [4.78, 5) is 90.2. The van der Waals surface area contributed by atoms with Gasteiger partial charge in [-0.2, -0.15) is 0 Å². The Bertz CT molecular complexity index is 2720. The van der Waals surface area contributed by atoms with Gasteiger partial charge in [-0.3, -0.25) is 28.8 Å². The molecular weight excluding hydrogens is 985 g/mol. The highest BCUT2D eigenvalue weighted by Gasteiger charge is 2.54. The van der Waals surface area contributed by atoms with Crippen molar-refractivity contribution in [3.8, 4) is 22.8 Å². The number of carbonyl (C=O) groups is 7. The standard InChI is InChI=1S/C54H71BF2N8O11/c1-7-75-54(73)49-48(76-49)53(72)63-42(29-32(2)3)52(71)62-43(30-35-15-20-38(66)21-16-35)51(70)60-28-11-8-9-14-47(68)61-41(50(58)69)13-10-12-27-59-46(67)26-24-40-33(4)45-31-37-19-25-44(36-17-22-39(74-6)23-18-36)65(37)55(56,57)64(45)34(40)5/h15-23,25,31-32,41-43,48-49,66H,7-14,24,26-30H2,1-6H3,(H2,58,69)(H,59,67)(H,60,70)(H,61,68)(H,62,71)(H,63,72)/t41-,42-,43-,48?,49?/m0/s1. The lowest BCUT2D eigenvalue weighted by atomic mass is 9.89. The van der Waals surface area contributed by atoms with Crippen molar-refractivity contribution in [2.45, 2.75) is 136 Å². The van der Waals surface area contributed by atoms with Crippen LogP contribution in [0.1, 0.15) is 110 Å². The molecule has 3 aliphatic rings. The van der Waals surface area contributed by atoms with Crippen LogP contribution in [-0.2, 0) is 49.5 Å². The number of carbonyl (C=O) groups excluding carboxylic acids is 7. The monoisotopic (exact) mass is 1060 g/mol. The number of hydrogen-bond donors (Lipinski definition) is 7. The van der Waals surface area contributed by atoms with Gasteiger partial charge in [0.1, 0.15) is 35.3 Å². The third-order valence-corrected chi connectivity index (χ3v) is 13.7. The van der Waals surface area contributed by atoms with E-state index in [4.69, 9.17) is 19.9 Å². The summed E-state index contributed by atoms with van der Waals surface area (Å²) < 4.78 is 50.5. The van der Waals surface area contributed by atoms with E-state index in [1.807, 2.05) is 13.8 Å². The fourth-order valence-corrected chi connectivity index (χ4v) is 9.58. The van der Waals surface area contributed by atoms with Gasteiger partial charge in [0, 0.05) is 67.9 Å². The molecule has 5 atom stereocenters. The summed E-state index contributed by atoms with van der Waals surface area (Å²) in [6, 6.07) is 13.5. The summed E-state index contributed by atoms with van der Waals surface area (Å²) in [7, 11) is 1.54. The summed E-state index contributed by atoms with van der Waals surface area (Å²) in [5, 5.41) is 23.6. The van der Waals surface area contributed by atoms with E-state index in [1.165, 1.54) is 12.1 Å². The summed E-state index contributed by atoms with van der Waals surface area (Å²) in [5.74, 6) is -3.12. The number of methoxy groups -OCH3 is 1. The number of nitrogens with zero attached hydrogens (tertiary/aromatic N) is 2. The van der Waals surface area contributed by atoms with Gasteiger partial charge in [-0.05, 0) is 124 Å². The molecule has 0 spiro atoms. The van der Waals surface area contributed by atoms with Crippen molar-refractivity contribution < 1.29 is 66.0 Å². The number of fused-ring (bicyclic) bond motifs is 2. The number of nitrogens with two attached hydrogens (primary N) is 1. The average Bonchev–Trinajstić information content (AvgIpc) is 4.09. The van der Waals surface area contributed by atoms with E-state index in [1.54, 1.807) is 82.5 Å². The predicted octanol–water partition coefficient (Wildman–Crippen LogP) is 4.55. The first-order valence-electron chi connectivity index (χ1n) is 26.0. The number of amides is 6. The maximum Gasteiger partial charge on any atom is 0.737 e. The summed E-state index contributed by atoms with van der Waals surface area (Å²) in [6.07, 6.45) is 3.06. The number of aromatic hydroxyl groups is 1. The molecule has 2 aromatic carbocycles. The van der Waals surface area contributed by atoms with Crippen LogP contribution in [0.4, 0.5) is 8.63 Å². The van der Waals surface area contributed by atoms with Gasteiger partial charge in [0.15, 0.2) is 17.9 Å². The summed E-state index contributed by atoms with van der Waals surface area (Å²) in [5.41, 5.74) is 9.87. The zero-order valence-corrected chi connectivity index (χ0v) is 44.0. The lowest BCUT2D eigenvalue weighted by Crippen LogP contribution is -2.55. The maximum atomic E-state index is 16.5. The number of epoxide rings is 1. The van der Waals surface area contributed by atoms with Crippen molar-refractivity contribution >= 4 is 60.2 Å². The zero-order chi connectivity index (χ0) is 55.3. The Labute approximate surface area is 441 Å². The van der Waals surface area contributed by atoms with Gasteiger partial charge in [0.2, 0.25) is 29.5 Å². The number of unbranched alkanes of at least 4 members (excludes halogenated alkanes) is 3. The van der Waals surface area contributed by atoms with Crippen molar-refractivity contribution in [2.24, 2.45) is 11.7 Å². The van der Waals surface area contributed by atoms with E-state index in [-0.39, 0.29) is 75.2 Å². The van der Waals surface area contributed by atoms with E-state index in [9.17, 15) is 38.7 Å². The second-order valence-electron chi connectivity index (χ2n) is 19.7. The molecule has 1 aromatic heterocycles. The molecule has 8 N–H and O–H groups in total. The number of phenols is 1. The smallest absolute Gasteiger partial charge is 0.508 e. The summed E-state index contributed by atoms with van der Waals surface area (Å²) in [6.45, 7) is 5.20. The Kier molecular flexibility index (Phi) is 20.1. The van der Waals surface area contributed by atoms with E-state index in [0.717, 1.165) is 8.96 Å². The van der Waals surface area contributed by atoms with Gasteiger partial charge < -0.3 is 69.2 Å². The van der Waals surface area contributed by atoms with Crippen LogP contribution in [0.15, 0.2) is 77.5 Å². The lowest BCUT2D eigenvalue weighted by molar-refractivity contribution is -0.362. The highest BCUT2D eigenvalue weighted by Crippen LogP contribution is 2.41. The second-order valence-corrected chi connectivity index (χ2v) is 19.7. The number of aromatic nitrogens is 1. The van der Waals surface area contributed by atoms with Crippen LogP contribution in [0.2, 0.25) is 0 Å². The van der Waals surface area contributed by atoms with E-state index >= 15 is 8.63 Å². The Hall–Kier alpha value is -7.36. The Morgan fingerprint density at radius 2 is 1.50 bits per heavy atom. The quantitative estimate of drug-likeness (QED) is 0.0220. The number of hydrogen-bond acceptors (Lipinski definition) is 11. The number of rotatable bonds is 29. The fourth-order valence-electron chi connectivity index (χ4n) is 9.58. The normalized spacial score (nSPS) is 17.4. The highest BCUT2D eigenvalue weighted by molar-refractivity contribution is 6.58. The molecule has 410 valence electrons. The largest absolute Gasteiger partial charge is 0.737 e. The van der Waals surface area contributed by atoms with Gasteiger partial charge in [-0.25, -0.2) is 4.79 Å². The van der Waals surface area contributed by atoms with Crippen LogP contribution in [0.3, 0.4) is 0 Å². The third-order valence-electron chi connectivity index (χ3n) is 13.7. The molecule has 0 saturated carbocycles. The molecule has 76 heavy (non-hydrogen) atoms. The molecule has 0 radical (unpaired) electrons. The van der Waals surface area contributed by atoms with Crippen LogP contribution in [-0.4, -0.2) is 125 Å². The van der Waals surface area contributed by atoms with Crippen molar-refractivity contribution in [1.82, 2.24) is 31.1 Å². The second kappa shape index (κ2) is 26.4. The minimum absolute atomic E-state index is 0.0269. The number of primary amides is 1. The third kappa shape index (κ3) is 14.9. The van der Waals surface area contributed by atoms with Crippen molar-refractivity contribution in [2.75, 3.05) is 26.8 Å². The first-order chi connectivity index (χ1) is 36.2. The number of halogens is 2. The Morgan fingerprint density at radius 3 is 2.17 bits per heavy atom. The number of allylic oxidation sites excluding steroid dienone is 2. The van der Waals surface area contributed by atoms with Gasteiger partial charge in [-0.15, -0.1) is 0 Å². The van der Waals surface area contributed by atoms with Crippen LogP contribution in [0.25, 0.3) is 17.3 Å². The molecular formula is C54H71BF2N8O11. The zero-order valence-electron chi connectivity index (χ0n) is 44.0. The van der Waals surface area contributed by atoms with Gasteiger partial charge in [-0.1, -0.05) is 32.4 Å². The van der Waals surface area contributed by atoms with Gasteiger partial charge in [0.25, 0.3) is 5.91 Å². The molecule has 1 saturated heterocycles. The van der Waals surface area contributed by atoms with Crippen LogP contribution in [0, 0.1) is 5.92 Å². The predicted molar refractivity (Wildman–Crippen MR) is 281 cm³/mol. The molecule has 4 heterocycles. The van der Waals surface area contributed by atoms with Gasteiger partial charge >= 0.3 is 12.9 Å². The van der Waals surface area contributed by atoms with Crippen molar-refractivity contribution in [3.63, 3.8) is 0 Å². The van der Waals surface area contributed by atoms with Gasteiger partial charge in [0.05, 0.1) is 13.7 Å². The van der Waals surface area contributed by atoms with Crippen LogP contribution >= 0.6 is 0 Å². The van der Waals surface area contributed by atoms with E-state index in [0.29, 0.717) is 89.5 Å². The molecule has 3 aromatic rings. The minimum atomic E-state index is -4.25. The number of ether oxygens (including phenoxy) is 3. The molecule has 0 bridgehead atoms. The molecule has 19 nitrogen and oxygen atoms in total. The van der Waals surface area contributed by atoms with Crippen molar-refractivity contribution in [3.05, 3.63) is 88.8 Å². The molecule has 6 amide bonds. The molecule has 2 unspecified atom stereocenters. The minimum Gasteiger partial charge on any atom is -0.508 e. The average molecular weight is 1060 g/mol. The Morgan fingerprint density at radius 1 is 0.803 bits per heavy atom. The van der Waals surface area contributed by atoms with Crippen LogP contribution in [0.5, 0.6) is 11.5 Å². The first-order valence-corrected chi connectivity index (χ1v) is 26.0. The topological polar surface area (TPSA) is 265 Å². The number of benzene rings is 2. The molecule has 6 rings (SSSR count). The summed E-state index contributed by atoms with van der Waals surface area (Å²) >= 11 is 0. The van der Waals surface area contributed by atoms with E-state index in [2.05, 4.69) is 26.6 Å². The maximum absolute atomic E-state index is 16.5. The number of nitrogens with one attached hydrogen (secondary N) is 5. The lowest BCUT2D eigenvalue weighted by Gasteiger charge is -2.31. The number of phenolic OH excluding ortho intramolecular Hbond substituents is 1. The Balaban J connectivity index is 0.893. The fraction of sp³-hybridized carbons (Fsp3) is 0.481. The van der Waals surface area contributed by atoms with Crippen LogP contribution < -0.4 is 37.1 Å².